The molecule has 0 aliphatic rings. The van der Waals surface area contributed by atoms with E-state index in [2.05, 4.69) is 55.5 Å². The van der Waals surface area contributed by atoms with Crippen LogP contribution in [0.4, 0.5) is 0 Å². The predicted molar refractivity (Wildman–Crippen MR) is 79.5 cm³/mol. The summed E-state index contributed by atoms with van der Waals surface area (Å²) in [6, 6.07) is 19.6. The van der Waals surface area contributed by atoms with E-state index in [4.69, 9.17) is 5.73 Å². The number of nitrogens with two attached hydrogens (primary N) is 1. The Hall–Kier alpha value is -1.08. The first-order valence-electron chi connectivity index (χ1n) is 6.23. The quantitative estimate of drug-likeness (QED) is 0.843. The van der Waals surface area contributed by atoms with Gasteiger partial charge in [-0.15, -0.1) is 0 Å². The molecule has 0 saturated heterocycles. The molecule has 1 atom stereocenters. The van der Waals surface area contributed by atoms with Crippen molar-refractivity contribution < 1.29 is 0 Å². The Bertz CT molecular complexity index is 464. The molecule has 0 aliphatic heterocycles. The van der Waals surface area contributed by atoms with Crippen LogP contribution in [-0.4, -0.2) is 21.0 Å². The first-order valence-corrected chi connectivity index (χ1v) is 8.30. The molecule has 0 aliphatic carbocycles. The summed E-state index contributed by atoms with van der Waals surface area (Å²) in [6.45, 7) is 2.12. The second-order valence-electron chi connectivity index (χ2n) is 4.57. The SMILES string of the molecule is Cc1ccc([Se]C[C@@H](N)Cc2ccccc2)cc1. The minimum atomic E-state index is 0.272. The van der Waals surface area contributed by atoms with Gasteiger partial charge < -0.3 is 0 Å². The van der Waals surface area contributed by atoms with E-state index >= 15 is 0 Å². The van der Waals surface area contributed by atoms with Gasteiger partial charge in [0, 0.05) is 0 Å². The van der Waals surface area contributed by atoms with E-state index in [1.807, 2.05) is 6.07 Å². The van der Waals surface area contributed by atoms with Crippen LogP contribution >= 0.6 is 0 Å². The summed E-state index contributed by atoms with van der Waals surface area (Å²) in [6.07, 6.45) is 0.981. The summed E-state index contributed by atoms with van der Waals surface area (Å²) in [5.74, 6) is 0. The van der Waals surface area contributed by atoms with E-state index in [1.54, 1.807) is 0 Å². The maximum atomic E-state index is 6.20. The first-order chi connectivity index (χ1) is 8.74. The zero-order chi connectivity index (χ0) is 12.8. The summed E-state index contributed by atoms with van der Waals surface area (Å²) in [5.41, 5.74) is 8.86. The second kappa shape index (κ2) is 6.75. The third kappa shape index (κ3) is 4.30. The van der Waals surface area contributed by atoms with E-state index < -0.39 is 0 Å². The summed E-state index contributed by atoms with van der Waals surface area (Å²) in [5, 5.41) is 1.10. The van der Waals surface area contributed by atoms with Gasteiger partial charge in [-0.3, -0.25) is 0 Å². The fourth-order valence-electron chi connectivity index (χ4n) is 1.81. The average molecular weight is 304 g/mol. The molecule has 2 rings (SSSR count). The van der Waals surface area contributed by atoms with E-state index in [9.17, 15) is 0 Å². The van der Waals surface area contributed by atoms with Crippen LogP contribution in [0.2, 0.25) is 5.32 Å². The van der Waals surface area contributed by atoms with Gasteiger partial charge in [0.15, 0.2) is 0 Å². The van der Waals surface area contributed by atoms with Crippen molar-refractivity contribution in [3.05, 3.63) is 65.7 Å². The molecule has 2 N–H and O–H groups in total. The number of hydrogen-bond acceptors (Lipinski definition) is 1. The Kier molecular flexibility index (Phi) is 5.00. The van der Waals surface area contributed by atoms with Gasteiger partial charge in [-0.25, -0.2) is 0 Å². The van der Waals surface area contributed by atoms with E-state index in [1.165, 1.54) is 15.6 Å². The van der Waals surface area contributed by atoms with Crippen molar-refractivity contribution in [1.29, 1.82) is 0 Å². The molecule has 94 valence electrons. The molecule has 2 aromatic carbocycles. The van der Waals surface area contributed by atoms with E-state index in [0.717, 1.165) is 11.7 Å². The fraction of sp³-hybridized carbons (Fsp3) is 0.250. The molecule has 2 heteroatoms. The maximum absolute atomic E-state index is 6.20. The molecule has 2 aromatic rings. The minimum absolute atomic E-state index is 0.272. The van der Waals surface area contributed by atoms with Crippen LogP contribution in [-0.2, 0) is 6.42 Å². The molecule has 0 fully saturated rings. The van der Waals surface area contributed by atoms with Crippen LogP contribution in [0.3, 0.4) is 0 Å². The molecule has 0 aromatic heterocycles. The normalized spacial score (nSPS) is 12.3. The van der Waals surface area contributed by atoms with Gasteiger partial charge in [0.25, 0.3) is 0 Å². The van der Waals surface area contributed by atoms with Crippen molar-refractivity contribution >= 4 is 19.4 Å². The molecule has 0 bridgehead atoms. The van der Waals surface area contributed by atoms with Crippen LogP contribution in [0.25, 0.3) is 0 Å². The van der Waals surface area contributed by atoms with Crippen molar-refractivity contribution in [2.24, 2.45) is 5.73 Å². The predicted octanol–water partition coefficient (Wildman–Crippen LogP) is 2.31. The van der Waals surface area contributed by atoms with Crippen LogP contribution in [0, 0.1) is 6.92 Å². The number of hydrogen-bond donors (Lipinski definition) is 1. The number of benzene rings is 2. The van der Waals surface area contributed by atoms with Crippen LogP contribution in [0.5, 0.6) is 0 Å². The van der Waals surface area contributed by atoms with Crippen molar-refractivity contribution in [1.82, 2.24) is 0 Å². The summed E-state index contributed by atoms with van der Waals surface area (Å²) >= 11 is 0.488. The van der Waals surface area contributed by atoms with Gasteiger partial charge >= 0.3 is 116 Å². The van der Waals surface area contributed by atoms with Crippen LogP contribution < -0.4 is 10.2 Å². The van der Waals surface area contributed by atoms with Gasteiger partial charge in [0.1, 0.15) is 0 Å². The van der Waals surface area contributed by atoms with Crippen molar-refractivity contribution in [2.45, 2.75) is 24.7 Å². The third-order valence-electron chi connectivity index (χ3n) is 2.83. The van der Waals surface area contributed by atoms with Crippen molar-refractivity contribution in [3.63, 3.8) is 0 Å². The molecular weight excluding hydrogens is 285 g/mol. The molecule has 1 nitrogen and oxygen atoms in total. The Labute approximate surface area is 116 Å². The topological polar surface area (TPSA) is 26.0 Å². The van der Waals surface area contributed by atoms with Crippen LogP contribution in [0.1, 0.15) is 11.1 Å². The first kappa shape index (κ1) is 13.4. The van der Waals surface area contributed by atoms with E-state index in [0.29, 0.717) is 15.0 Å². The fourth-order valence-corrected chi connectivity index (χ4v) is 3.60. The Morgan fingerprint density at radius 1 is 1.00 bits per heavy atom. The van der Waals surface area contributed by atoms with Crippen LogP contribution in [0.15, 0.2) is 54.6 Å². The second-order valence-corrected chi connectivity index (χ2v) is 6.87. The van der Waals surface area contributed by atoms with Gasteiger partial charge in [0.2, 0.25) is 0 Å². The van der Waals surface area contributed by atoms with E-state index in [-0.39, 0.29) is 6.04 Å². The average Bonchev–Trinajstić information content (AvgIpc) is 2.39. The zero-order valence-electron chi connectivity index (χ0n) is 10.7. The summed E-state index contributed by atoms with van der Waals surface area (Å²) in [7, 11) is 0. The Balaban J connectivity index is 1.81. The Morgan fingerprint density at radius 3 is 2.33 bits per heavy atom. The number of aryl methyl sites for hydroxylation is 1. The molecule has 18 heavy (non-hydrogen) atoms. The molecule has 0 amide bonds. The monoisotopic (exact) mass is 305 g/mol. The molecule has 0 saturated carbocycles. The standard InChI is InChI=1S/C16H19NSe/c1-13-7-9-16(10-8-13)18-12-15(17)11-14-5-3-2-4-6-14/h2-10,15H,11-12,17H2,1H3/t15-/m0/s1. The molecular formula is C16H19NSe. The van der Waals surface area contributed by atoms with Crippen molar-refractivity contribution in [2.75, 3.05) is 0 Å². The van der Waals surface area contributed by atoms with Gasteiger partial charge in [-0.05, 0) is 0 Å². The molecule has 0 unspecified atom stereocenters. The van der Waals surface area contributed by atoms with Gasteiger partial charge in [-0.2, -0.15) is 0 Å². The Morgan fingerprint density at radius 2 is 1.67 bits per heavy atom. The molecule has 0 heterocycles. The summed E-state index contributed by atoms with van der Waals surface area (Å²) < 4.78 is 1.44. The number of rotatable bonds is 5. The zero-order valence-corrected chi connectivity index (χ0v) is 12.4. The molecule has 0 spiro atoms. The van der Waals surface area contributed by atoms with Crippen molar-refractivity contribution in [3.8, 4) is 0 Å². The van der Waals surface area contributed by atoms with Gasteiger partial charge in [-0.1, -0.05) is 0 Å². The summed E-state index contributed by atoms with van der Waals surface area (Å²) in [4.78, 5) is 0. The third-order valence-corrected chi connectivity index (χ3v) is 5.34. The molecule has 0 radical (unpaired) electrons. The van der Waals surface area contributed by atoms with Gasteiger partial charge in [0.05, 0.1) is 0 Å².